The highest BCUT2D eigenvalue weighted by Crippen LogP contribution is 2.22. The Morgan fingerprint density at radius 1 is 1.07 bits per heavy atom. The highest BCUT2D eigenvalue weighted by molar-refractivity contribution is 7.89. The predicted molar refractivity (Wildman–Crippen MR) is 103 cm³/mol. The molecule has 1 aromatic heterocycles. The Balaban J connectivity index is 1.44. The van der Waals surface area contributed by atoms with Crippen molar-refractivity contribution in [3.63, 3.8) is 0 Å². The Kier molecular flexibility index (Phi) is 5.41. The smallest absolute Gasteiger partial charge is 0.338 e. The first-order valence-corrected chi connectivity index (χ1v) is 10.6. The standard InChI is InChI=1S/C20H19N3O5S/c24-20(27-14-18-21-19(22-28-18)15-7-2-1-3-8-15)16-9-6-10-17(13-16)29(25,26)23-11-4-5-12-23/h1-3,6-10,13H,4-5,11-12,14H2. The molecular formula is C20H19N3O5S. The van der Waals surface area contributed by atoms with Crippen molar-refractivity contribution in [3.8, 4) is 11.4 Å². The van der Waals surface area contributed by atoms with Crippen molar-refractivity contribution in [2.24, 2.45) is 0 Å². The van der Waals surface area contributed by atoms with Crippen LogP contribution in [0.25, 0.3) is 11.4 Å². The van der Waals surface area contributed by atoms with Gasteiger partial charge in [-0.2, -0.15) is 9.29 Å². The van der Waals surface area contributed by atoms with Crippen molar-refractivity contribution >= 4 is 16.0 Å². The summed E-state index contributed by atoms with van der Waals surface area (Å²) in [6.45, 7) is 0.789. The number of ether oxygens (including phenoxy) is 1. The molecule has 4 rings (SSSR count). The quantitative estimate of drug-likeness (QED) is 0.573. The van der Waals surface area contributed by atoms with Crippen molar-refractivity contribution < 1.29 is 22.5 Å². The molecule has 0 spiro atoms. The molecule has 29 heavy (non-hydrogen) atoms. The fraction of sp³-hybridized carbons (Fsp3) is 0.250. The van der Waals surface area contributed by atoms with E-state index in [0.29, 0.717) is 18.9 Å². The van der Waals surface area contributed by atoms with Crippen LogP contribution in [0.2, 0.25) is 0 Å². The summed E-state index contributed by atoms with van der Waals surface area (Å²) in [4.78, 5) is 16.7. The molecule has 0 N–H and O–H groups in total. The first kappa shape index (κ1) is 19.3. The molecule has 0 radical (unpaired) electrons. The second kappa shape index (κ2) is 8.14. The maximum Gasteiger partial charge on any atom is 0.338 e. The van der Waals surface area contributed by atoms with Crippen molar-refractivity contribution in [1.82, 2.24) is 14.4 Å². The van der Waals surface area contributed by atoms with Crippen LogP contribution in [0, 0.1) is 0 Å². The zero-order valence-corrected chi connectivity index (χ0v) is 16.3. The molecule has 0 aliphatic carbocycles. The molecule has 0 atom stereocenters. The largest absolute Gasteiger partial charge is 0.452 e. The van der Waals surface area contributed by atoms with Gasteiger partial charge in [0.25, 0.3) is 5.89 Å². The van der Waals surface area contributed by atoms with E-state index in [1.165, 1.54) is 28.6 Å². The number of hydrogen-bond donors (Lipinski definition) is 0. The average Bonchev–Trinajstić information content (AvgIpc) is 3.45. The van der Waals surface area contributed by atoms with Gasteiger partial charge in [0, 0.05) is 18.7 Å². The summed E-state index contributed by atoms with van der Waals surface area (Å²) < 4.78 is 37.1. The third kappa shape index (κ3) is 4.20. The second-order valence-corrected chi connectivity index (χ2v) is 8.53. The Labute approximate surface area is 168 Å². The van der Waals surface area contributed by atoms with Gasteiger partial charge in [-0.3, -0.25) is 0 Å². The summed E-state index contributed by atoms with van der Waals surface area (Å²) in [5, 5.41) is 3.87. The van der Waals surface area contributed by atoms with Crippen LogP contribution in [0.4, 0.5) is 0 Å². The minimum absolute atomic E-state index is 0.0815. The number of hydrogen-bond acceptors (Lipinski definition) is 7. The van der Waals surface area contributed by atoms with E-state index in [4.69, 9.17) is 9.26 Å². The lowest BCUT2D eigenvalue weighted by atomic mass is 10.2. The van der Waals surface area contributed by atoms with Gasteiger partial charge in [-0.25, -0.2) is 13.2 Å². The number of benzene rings is 2. The van der Waals surface area contributed by atoms with E-state index in [1.807, 2.05) is 30.3 Å². The van der Waals surface area contributed by atoms with Gasteiger partial charge >= 0.3 is 5.97 Å². The van der Waals surface area contributed by atoms with Gasteiger partial charge in [0.05, 0.1) is 10.5 Å². The fourth-order valence-electron chi connectivity index (χ4n) is 3.09. The molecule has 1 aliphatic rings. The number of carbonyl (C=O) groups is 1. The van der Waals surface area contributed by atoms with Gasteiger partial charge < -0.3 is 9.26 Å². The number of aromatic nitrogens is 2. The van der Waals surface area contributed by atoms with Crippen LogP contribution in [0.15, 0.2) is 64.0 Å². The number of esters is 1. The molecule has 2 heterocycles. The van der Waals surface area contributed by atoms with E-state index in [2.05, 4.69) is 10.1 Å². The summed E-state index contributed by atoms with van der Waals surface area (Å²) >= 11 is 0. The zero-order chi connectivity index (χ0) is 20.3. The Bertz CT molecular complexity index is 1110. The molecule has 1 saturated heterocycles. The lowest BCUT2D eigenvalue weighted by molar-refractivity contribution is 0.0429. The van der Waals surface area contributed by atoms with Crippen LogP contribution in [0.5, 0.6) is 0 Å². The van der Waals surface area contributed by atoms with E-state index < -0.39 is 16.0 Å². The summed E-state index contributed by atoms with van der Waals surface area (Å²) in [5.74, 6) is -0.115. The summed E-state index contributed by atoms with van der Waals surface area (Å²) in [6.07, 6.45) is 1.69. The number of carbonyl (C=O) groups excluding carboxylic acids is 1. The first-order chi connectivity index (χ1) is 14.0. The first-order valence-electron chi connectivity index (χ1n) is 9.19. The van der Waals surface area contributed by atoms with E-state index >= 15 is 0 Å². The summed E-state index contributed by atoms with van der Waals surface area (Å²) in [5.41, 5.74) is 0.932. The van der Waals surface area contributed by atoms with Crippen LogP contribution < -0.4 is 0 Å². The zero-order valence-electron chi connectivity index (χ0n) is 15.5. The molecule has 0 bridgehead atoms. The molecule has 3 aromatic rings. The summed E-state index contributed by atoms with van der Waals surface area (Å²) in [7, 11) is -3.60. The molecule has 2 aromatic carbocycles. The molecule has 8 nitrogen and oxygen atoms in total. The minimum Gasteiger partial charge on any atom is -0.452 e. The van der Waals surface area contributed by atoms with Crippen LogP contribution in [-0.4, -0.2) is 41.9 Å². The van der Waals surface area contributed by atoms with Gasteiger partial charge in [0.1, 0.15) is 0 Å². The lowest BCUT2D eigenvalue weighted by Gasteiger charge is -2.15. The number of sulfonamides is 1. The molecule has 9 heteroatoms. The van der Waals surface area contributed by atoms with Gasteiger partial charge in [-0.05, 0) is 31.0 Å². The van der Waals surface area contributed by atoms with E-state index in [9.17, 15) is 13.2 Å². The number of rotatable bonds is 6. The van der Waals surface area contributed by atoms with Crippen LogP contribution in [0.3, 0.4) is 0 Å². The second-order valence-electron chi connectivity index (χ2n) is 6.59. The van der Waals surface area contributed by atoms with Gasteiger partial charge in [0.2, 0.25) is 15.8 Å². The van der Waals surface area contributed by atoms with Crippen LogP contribution in [0.1, 0.15) is 29.1 Å². The Morgan fingerprint density at radius 3 is 2.59 bits per heavy atom. The van der Waals surface area contributed by atoms with Crippen LogP contribution >= 0.6 is 0 Å². The molecular weight excluding hydrogens is 394 g/mol. The molecule has 1 fully saturated rings. The Hall–Kier alpha value is -3.04. The maximum atomic E-state index is 12.7. The fourth-order valence-corrected chi connectivity index (χ4v) is 4.65. The van der Waals surface area contributed by atoms with E-state index in [-0.39, 0.29) is 23.0 Å². The molecule has 1 aliphatic heterocycles. The Morgan fingerprint density at radius 2 is 1.83 bits per heavy atom. The normalized spacial score (nSPS) is 14.8. The van der Waals surface area contributed by atoms with Crippen molar-refractivity contribution in [2.45, 2.75) is 24.3 Å². The lowest BCUT2D eigenvalue weighted by Crippen LogP contribution is -2.28. The number of nitrogens with zero attached hydrogens (tertiary/aromatic N) is 3. The highest BCUT2D eigenvalue weighted by atomic mass is 32.2. The van der Waals surface area contributed by atoms with Gasteiger partial charge in [-0.1, -0.05) is 41.6 Å². The van der Waals surface area contributed by atoms with Crippen molar-refractivity contribution in [1.29, 1.82) is 0 Å². The van der Waals surface area contributed by atoms with Crippen LogP contribution in [-0.2, 0) is 21.4 Å². The highest BCUT2D eigenvalue weighted by Gasteiger charge is 2.27. The third-order valence-corrected chi connectivity index (χ3v) is 6.49. The predicted octanol–water partition coefficient (Wildman–Crippen LogP) is 2.88. The average molecular weight is 413 g/mol. The van der Waals surface area contributed by atoms with E-state index in [0.717, 1.165) is 18.4 Å². The molecule has 0 unspecified atom stereocenters. The SMILES string of the molecule is O=C(OCc1nc(-c2ccccc2)no1)c1cccc(S(=O)(=O)N2CCCC2)c1. The topological polar surface area (TPSA) is 103 Å². The van der Waals surface area contributed by atoms with Crippen molar-refractivity contribution in [2.75, 3.05) is 13.1 Å². The summed E-state index contributed by atoms with van der Waals surface area (Å²) in [6, 6.07) is 15.1. The van der Waals surface area contributed by atoms with Gasteiger partial charge in [-0.15, -0.1) is 0 Å². The minimum atomic E-state index is -3.60. The molecule has 0 amide bonds. The molecule has 150 valence electrons. The maximum absolute atomic E-state index is 12.7. The monoisotopic (exact) mass is 413 g/mol. The third-order valence-electron chi connectivity index (χ3n) is 4.60. The van der Waals surface area contributed by atoms with Crippen molar-refractivity contribution in [3.05, 3.63) is 66.1 Å². The molecule has 0 saturated carbocycles. The van der Waals surface area contributed by atoms with E-state index in [1.54, 1.807) is 0 Å². The van der Waals surface area contributed by atoms with Gasteiger partial charge in [0.15, 0.2) is 6.61 Å².